The number of pyridine rings is 1. The Morgan fingerprint density at radius 1 is 0.948 bits per heavy atom. The fourth-order valence-electron chi connectivity index (χ4n) is 10.1. The first-order chi connectivity index (χ1) is 27.7. The van der Waals surface area contributed by atoms with Crippen LogP contribution in [-0.4, -0.2) is 105 Å². The first kappa shape index (κ1) is 42.0. The first-order valence-corrected chi connectivity index (χ1v) is 22.8. The quantitative estimate of drug-likeness (QED) is 0.0850. The van der Waals surface area contributed by atoms with E-state index in [1.165, 1.54) is 20.3 Å². The predicted molar refractivity (Wildman–Crippen MR) is 223 cm³/mol. The summed E-state index contributed by atoms with van der Waals surface area (Å²) in [5, 5.41) is 11.9. The molecule has 0 spiro atoms. The molecule has 3 atom stereocenters. The van der Waals surface area contributed by atoms with Crippen molar-refractivity contribution in [2.24, 2.45) is 0 Å². The highest BCUT2D eigenvalue weighted by Gasteiger charge is 2.49. The van der Waals surface area contributed by atoms with Gasteiger partial charge in [0, 0.05) is 44.1 Å². The topological polar surface area (TPSA) is 102 Å². The molecule has 312 valence electrons. The van der Waals surface area contributed by atoms with Crippen molar-refractivity contribution < 1.29 is 37.2 Å². The highest BCUT2D eigenvalue weighted by molar-refractivity contribution is 6.90. The zero-order valence-electron chi connectivity index (χ0n) is 34.9. The van der Waals surface area contributed by atoms with Gasteiger partial charge in [-0.3, -0.25) is 4.90 Å². The Morgan fingerprint density at radius 3 is 2.40 bits per heavy atom. The van der Waals surface area contributed by atoms with Gasteiger partial charge in [-0.1, -0.05) is 53.5 Å². The highest BCUT2D eigenvalue weighted by Crippen LogP contribution is 2.45. The van der Waals surface area contributed by atoms with Crippen LogP contribution in [0.2, 0.25) is 16.6 Å². The van der Waals surface area contributed by atoms with Crippen molar-refractivity contribution in [3.8, 4) is 40.4 Å². The van der Waals surface area contributed by atoms with E-state index in [9.17, 15) is 9.50 Å². The predicted octanol–water partition coefficient (Wildman–Crippen LogP) is 8.60. The number of aliphatic hydroxyl groups excluding tert-OH is 1. The van der Waals surface area contributed by atoms with Crippen LogP contribution in [0.15, 0.2) is 24.3 Å². The monoisotopic (exact) mass is 819 g/mol. The minimum atomic E-state index is -2.33. The molecule has 2 aromatic carbocycles. The molecule has 0 bridgehead atoms. The number of nitrogens with zero attached hydrogens (tertiary/aromatic N) is 5. The molecule has 0 unspecified atom stereocenters. The van der Waals surface area contributed by atoms with Gasteiger partial charge in [-0.2, -0.15) is 9.97 Å². The van der Waals surface area contributed by atoms with Gasteiger partial charge < -0.3 is 29.0 Å². The Morgan fingerprint density at radius 2 is 1.71 bits per heavy atom. The average Bonchev–Trinajstić information content (AvgIpc) is 3.72. The molecule has 14 heteroatoms. The lowest BCUT2D eigenvalue weighted by atomic mass is 9.95. The number of fused-ring (bicyclic) bond motifs is 3. The van der Waals surface area contributed by atoms with E-state index in [1.807, 2.05) is 4.90 Å². The minimum Gasteiger partial charge on any atom is -0.480 e. The van der Waals surface area contributed by atoms with Crippen molar-refractivity contribution in [1.82, 2.24) is 19.9 Å². The number of hydrogen-bond acceptors (Lipinski definition) is 10. The van der Waals surface area contributed by atoms with Crippen LogP contribution in [0.3, 0.4) is 0 Å². The van der Waals surface area contributed by atoms with Crippen LogP contribution in [0.4, 0.5) is 19.0 Å². The lowest BCUT2D eigenvalue weighted by molar-refractivity contribution is 0.0512. The van der Waals surface area contributed by atoms with Gasteiger partial charge in [0.15, 0.2) is 12.6 Å². The third-order valence-corrected chi connectivity index (χ3v) is 19.0. The van der Waals surface area contributed by atoms with Gasteiger partial charge in [-0.05, 0) is 72.4 Å². The number of benzene rings is 2. The number of piperidine rings is 1. The highest BCUT2D eigenvalue weighted by atomic mass is 28.3. The van der Waals surface area contributed by atoms with Crippen LogP contribution in [0.5, 0.6) is 17.6 Å². The summed E-state index contributed by atoms with van der Waals surface area (Å²) in [4.78, 5) is 18.3. The van der Waals surface area contributed by atoms with Gasteiger partial charge in [-0.25, -0.2) is 18.2 Å². The maximum atomic E-state index is 17.7. The molecule has 58 heavy (non-hydrogen) atoms. The largest absolute Gasteiger partial charge is 0.480 e. The number of halogens is 3. The smallest absolute Gasteiger partial charge is 0.319 e. The summed E-state index contributed by atoms with van der Waals surface area (Å²) in [5.74, 6) is 2.66. The van der Waals surface area contributed by atoms with Gasteiger partial charge >= 0.3 is 6.01 Å². The fourth-order valence-corrected chi connectivity index (χ4v) is 15.3. The summed E-state index contributed by atoms with van der Waals surface area (Å²) in [6.45, 7) is 15.1. The third-order valence-electron chi connectivity index (χ3n) is 12.7. The van der Waals surface area contributed by atoms with Crippen molar-refractivity contribution in [3.63, 3.8) is 0 Å². The minimum absolute atomic E-state index is 0.0379. The Labute approximate surface area is 340 Å². The molecule has 0 amide bonds. The van der Waals surface area contributed by atoms with Crippen molar-refractivity contribution in [2.75, 3.05) is 58.7 Å². The normalized spacial score (nSPS) is 21.3. The van der Waals surface area contributed by atoms with E-state index in [2.05, 4.69) is 62.9 Å². The van der Waals surface area contributed by atoms with Crippen molar-refractivity contribution in [3.05, 3.63) is 41.5 Å². The van der Waals surface area contributed by atoms with Gasteiger partial charge in [0.05, 0.1) is 24.3 Å². The number of β-amino-alcohol motifs (C(OH)–C–C–N with tert-alkyl or cyclic N) is 1. The Hall–Kier alpha value is -4.16. The van der Waals surface area contributed by atoms with Crippen LogP contribution in [0.1, 0.15) is 79.2 Å². The number of anilines is 1. The van der Waals surface area contributed by atoms with E-state index in [1.54, 1.807) is 18.2 Å². The van der Waals surface area contributed by atoms with Crippen LogP contribution in [0, 0.1) is 23.1 Å². The van der Waals surface area contributed by atoms with E-state index in [-0.39, 0.29) is 59.6 Å². The SMILES string of the molecule is COCOc1cc(-c2nc(OC)c3c(N4CCC[C@@H](O)C4)nc(OC[C@@]45CCCN4C[C@H](F)C5)nc3c2F)c2c(C#C[Si](C(C)C)(C(C)C)C(C)C)c(F)ccc2c1. The fraction of sp³-hybridized carbons (Fsp3) is 0.568. The molecule has 5 heterocycles. The number of alkyl halides is 1. The lowest BCUT2D eigenvalue weighted by Crippen LogP contribution is -2.43. The molecule has 4 aromatic rings. The Bertz CT molecular complexity index is 2210. The zero-order chi connectivity index (χ0) is 41.5. The van der Waals surface area contributed by atoms with Crippen LogP contribution in [0.25, 0.3) is 32.9 Å². The molecule has 3 aliphatic heterocycles. The molecule has 0 aliphatic carbocycles. The van der Waals surface area contributed by atoms with E-state index < -0.39 is 37.5 Å². The lowest BCUT2D eigenvalue weighted by Gasteiger charge is -2.38. The van der Waals surface area contributed by atoms with Gasteiger partial charge in [0.25, 0.3) is 0 Å². The maximum absolute atomic E-state index is 17.7. The summed E-state index contributed by atoms with van der Waals surface area (Å²) >= 11 is 0. The molecular weight excluding hydrogens is 764 g/mol. The third kappa shape index (κ3) is 7.59. The molecule has 3 fully saturated rings. The number of hydrogen-bond donors (Lipinski definition) is 1. The number of rotatable bonds is 12. The second-order valence-electron chi connectivity index (χ2n) is 17.1. The van der Waals surface area contributed by atoms with Crippen LogP contribution in [-0.2, 0) is 4.74 Å². The molecule has 0 saturated carbocycles. The molecule has 3 aliphatic rings. The summed E-state index contributed by atoms with van der Waals surface area (Å²) < 4.78 is 72.1. The molecular formula is C44H56F3N5O5Si. The van der Waals surface area contributed by atoms with Gasteiger partial charge in [0.1, 0.15) is 54.8 Å². The molecule has 3 saturated heterocycles. The number of aromatic nitrogens is 3. The van der Waals surface area contributed by atoms with Crippen molar-refractivity contribution >= 4 is 35.6 Å². The first-order valence-electron chi connectivity index (χ1n) is 20.5. The standard InChI is InChI=1S/C44H56F3N5O5Si/c1-26(2)58(27(3)4,28(5)6)18-14-33-35(46)13-12-29-19-32(57-25-54-7)20-34(36(29)33)39-38(47)40-37(42(48-39)55-8)41(51-16-9-11-31(53)23-51)50-43(49-40)56-24-44-15-10-17-52(44)22-30(45)21-44/h12-13,19-20,26-28,30-31,53H,9-11,15-17,21-25H2,1-8H3/t30-,31-,44+/m1/s1. The molecule has 0 radical (unpaired) electrons. The Kier molecular flexibility index (Phi) is 12.2. The zero-order valence-corrected chi connectivity index (χ0v) is 35.9. The van der Waals surface area contributed by atoms with Crippen molar-refractivity contribution in [1.29, 1.82) is 0 Å². The van der Waals surface area contributed by atoms with Gasteiger partial charge in [0.2, 0.25) is 5.88 Å². The second kappa shape index (κ2) is 16.8. The molecule has 10 nitrogen and oxygen atoms in total. The average molecular weight is 820 g/mol. The number of ether oxygens (including phenoxy) is 4. The number of aliphatic hydroxyl groups is 1. The molecule has 2 aromatic heterocycles. The maximum Gasteiger partial charge on any atom is 0.319 e. The number of methoxy groups -OCH3 is 2. The van der Waals surface area contributed by atoms with E-state index >= 15 is 8.78 Å². The van der Waals surface area contributed by atoms with Crippen LogP contribution >= 0.6 is 0 Å². The summed E-state index contributed by atoms with van der Waals surface area (Å²) in [7, 11) is 0.607. The molecule has 1 N–H and O–H groups in total. The molecule has 7 rings (SSSR count). The summed E-state index contributed by atoms with van der Waals surface area (Å²) in [6, 6.07) is 6.28. The van der Waals surface area contributed by atoms with Gasteiger partial charge in [-0.15, -0.1) is 5.54 Å². The Balaban J connectivity index is 1.48. The van der Waals surface area contributed by atoms with Crippen molar-refractivity contribution in [2.45, 2.75) is 108 Å². The second-order valence-corrected chi connectivity index (χ2v) is 22.7. The van der Waals surface area contributed by atoms with E-state index in [0.717, 1.165) is 19.4 Å². The van der Waals surface area contributed by atoms with E-state index in [0.29, 0.717) is 71.3 Å². The summed E-state index contributed by atoms with van der Waals surface area (Å²) in [6.07, 6.45) is 1.75. The summed E-state index contributed by atoms with van der Waals surface area (Å²) in [5.41, 5.74) is 4.14. The van der Waals surface area contributed by atoms with Crippen LogP contribution < -0.4 is 19.1 Å². The van der Waals surface area contributed by atoms with E-state index in [4.69, 9.17) is 28.9 Å².